The molecule has 13 rings (SSSR count). The van der Waals surface area contributed by atoms with Crippen molar-refractivity contribution in [3.8, 4) is 44.5 Å². The fourth-order valence-electron chi connectivity index (χ4n) is 10.6. The van der Waals surface area contributed by atoms with Crippen LogP contribution in [0.4, 0.5) is 42.9 Å². The first-order chi connectivity index (χ1) is 36.1. The lowest BCUT2D eigenvalue weighted by Gasteiger charge is -2.29. The molecule has 5 heteroatoms. The van der Waals surface area contributed by atoms with Crippen molar-refractivity contribution >= 4 is 87.2 Å². The summed E-state index contributed by atoms with van der Waals surface area (Å²) in [5.41, 5.74) is 11.3. The zero-order chi connectivity index (χ0) is 48.8. The number of anilines is 6. The molecule has 0 fully saturated rings. The Hall–Kier alpha value is -9.16. The van der Waals surface area contributed by atoms with E-state index < -0.39 is 0 Å². The molecule has 1 aromatic heterocycles. The van der Waals surface area contributed by atoms with Gasteiger partial charge in [0.05, 0.1) is 11.4 Å². The highest BCUT2D eigenvalue weighted by atomic mass is 32.1. The van der Waals surface area contributed by atoms with Gasteiger partial charge in [-0.2, -0.15) is 0 Å². The molecule has 13 aromatic rings. The molecule has 0 aliphatic rings. The van der Waals surface area contributed by atoms with Crippen LogP contribution in [0.25, 0.3) is 86.2 Å². The molecule has 0 atom stereocenters. The molecule has 0 saturated heterocycles. The van der Waals surface area contributed by atoms with Crippen LogP contribution in [-0.4, -0.2) is 0 Å². The number of fused-ring (bicyclic) bond motifs is 8. The van der Waals surface area contributed by atoms with Crippen molar-refractivity contribution in [2.24, 2.45) is 0 Å². The van der Waals surface area contributed by atoms with Crippen LogP contribution in [0.2, 0.25) is 0 Å². The summed E-state index contributed by atoms with van der Waals surface area (Å²) >= 11 is 1.75. The molecule has 0 unspecified atom stereocenters. The monoisotopic (exact) mass is 958 g/mol. The van der Waals surface area contributed by atoms with E-state index in [9.17, 15) is 0 Å². The van der Waals surface area contributed by atoms with Crippen molar-refractivity contribution in [2.75, 3.05) is 9.80 Å². The van der Waals surface area contributed by atoms with Gasteiger partial charge in [-0.3, -0.25) is 0 Å². The van der Waals surface area contributed by atoms with E-state index in [-0.39, 0.29) is 11.6 Å². The summed E-state index contributed by atoms with van der Waals surface area (Å²) in [5.74, 6) is -0.641. The van der Waals surface area contributed by atoms with Crippen molar-refractivity contribution in [1.29, 1.82) is 0 Å². The average molecular weight is 959 g/mol. The molecule has 2 nitrogen and oxygen atoms in total. The van der Waals surface area contributed by atoms with E-state index in [4.69, 9.17) is 0 Å². The highest BCUT2D eigenvalue weighted by molar-refractivity contribution is 7.27. The smallest absolute Gasteiger partial charge is 0.148 e. The van der Waals surface area contributed by atoms with Crippen molar-refractivity contribution in [3.05, 3.63) is 279 Å². The van der Waals surface area contributed by atoms with Crippen LogP contribution >= 0.6 is 11.3 Å². The molecule has 1 heterocycles. The first kappa shape index (κ1) is 43.8. The number of halogens is 2. The number of thiophene rings is 1. The third kappa shape index (κ3) is 7.88. The van der Waals surface area contributed by atoms with Gasteiger partial charge in [0.15, 0.2) is 0 Å². The Labute approximate surface area is 426 Å². The molecule has 12 aromatic carbocycles. The average Bonchev–Trinajstić information content (AvgIpc) is 3.85. The van der Waals surface area contributed by atoms with Gasteiger partial charge in [-0.25, -0.2) is 8.78 Å². The third-order valence-electron chi connectivity index (χ3n) is 13.9. The molecule has 346 valence electrons. The van der Waals surface area contributed by atoms with Gasteiger partial charge in [0.25, 0.3) is 0 Å². The number of hydrogen-bond donors (Lipinski definition) is 0. The lowest BCUT2D eigenvalue weighted by atomic mass is 9.94. The minimum atomic E-state index is -0.322. The molecule has 0 aliphatic heterocycles. The molecule has 0 aliphatic carbocycles. The van der Waals surface area contributed by atoms with Gasteiger partial charge >= 0.3 is 0 Å². The van der Waals surface area contributed by atoms with Crippen molar-refractivity contribution < 1.29 is 8.78 Å². The minimum absolute atomic E-state index is 0.319. The molecule has 0 bridgehead atoms. The van der Waals surface area contributed by atoms with Gasteiger partial charge in [-0.05, 0) is 122 Å². The maximum atomic E-state index is 17.5. The molecular formula is C68H44F2N2S. The SMILES string of the molecule is Fc1cc(-c2ccccc2)cc(-c2ccccc2)c1N(c1ccccc1)c1ccc2c(c1)sc1c3ccc(N(c4ccccc4)c4c(F)cc(-c5ccccc5)cc4-c4ccccc4)cc3c3ccccc3c21. The summed E-state index contributed by atoms with van der Waals surface area (Å²) in [6, 6.07) is 89.6. The fraction of sp³-hybridized carbons (Fsp3) is 0. The summed E-state index contributed by atoms with van der Waals surface area (Å²) in [6.07, 6.45) is 0. The Morgan fingerprint density at radius 1 is 0.274 bits per heavy atom. The largest absolute Gasteiger partial charge is 0.307 e. The van der Waals surface area contributed by atoms with E-state index in [2.05, 4.69) is 82.6 Å². The zero-order valence-corrected chi connectivity index (χ0v) is 40.3. The van der Waals surface area contributed by atoms with Gasteiger partial charge in [0.2, 0.25) is 0 Å². The topological polar surface area (TPSA) is 6.48 Å². The third-order valence-corrected chi connectivity index (χ3v) is 15.1. The molecular weight excluding hydrogens is 915 g/mol. The van der Waals surface area contributed by atoms with Gasteiger partial charge in [-0.1, -0.05) is 194 Å². The number of hydrogen-bond acceptors (Lipinski definition) is 3. The van der Waals surface area contributed by atoms with Crippen LogP contribution in [0, 0.1) is 11.6 Å². The first-order valence-corrected chi connectivity index (χ1v) is 25.3. The van der Waals surface area contributed by atoms with E-state index >= 15 is 8.78 Å². The van der Waals surface area contributed by atoms with Gasteiger partial charge in [-0.15, -0.1) is 11.3 Å². The van der Waals surface area contributed by atoms with Crippen LogP contribution in [0.1, 0.15) is 0 Å². The van der Waals surface area contributed by atoms with Gasteiger partial charge < -0.3 is 9.80 Å². The van der Waals surface area contributed by atoms with E-state index in [1.807, 2.05) is 182 Å². The lowest BCUT2D eigenvalue weighted by Crippen LogP contribution is -2.13. The molecule has 0 N–H and O–H groups in total. The number of benzene rings is 12. The number of para-hydroxylation sites is 2. The second-order valence-corrected chi connectivity index (χ2v) is 19.3. The Morgan fingerprint density at radius 3 is 1.15 bits per heavy atom. The second-order valence-electron chi connectivity index (χ2n) is 18.3. The molecule has 0 spiro atoms. The van der Waals surface area contributed by atoms with Crippen LogP contribution < -0.4 is 9.80 Å². The Morgan fingerprint density at radius 2 is 0.671 bits per heavy atom. The minimum Gasteiger partial charge on any atom is -0.307 e. The highest BCUT2D eigenvalue weighted by Crippen LogP contribution is 2.51. The quantitative estimate of drug-likeness (QED) is 0.126. The summed E-state index contributed by atoms with van der Waals surface area (Å²) in [6.45, 7) is 0. The Bertz CT molecular complexity index is 4150. The number of nitrogens with zero attached hydrogens (tertiary/aromatic N) is 2. The molecule has 0 radical (unpaired) electrons. The maximum absolute atomic E-state index is 17.5. The second kappa shape index (κ2) is 18.5. The van der Waals surface area contributed by atoms with E-state index in [1.165, 1.54) is 5.39 Å². The molecule has 73 heavy (non-hydrogen) atoms. The van der Waals surface area contributed by atoms with Crippen molar-refractivity contribution in [2.45, 2.75) is 0 Å². The number of rotatable bonds is 10. The predicted molar refractivity (Wildman–Crippen MR) is 305 cm³/mol. The van der Waals surface area contributed by atoms with Crippen LogP contribution in [-0.2, 0) is 0 Å². The summed E-state index contributed by atoms with van der Waals surface area (Å²) < 4.78 is 37.1. The fourth-order valence-corrected chi connectivity index (χ4v) is 11.9. The normalized spacial score (nSPS) is 11.4. The maximum Gasteiger partial charge on any atom is 0.148 e. The Kier molecular flexibility index (Phi) is 11.1. The summed E-state index contributed by atoms with van der Waals surface area (Å²) in [7, 11) is 0. The highest BCUT2D eigenvalue weighted by Gasteiger charge is 2.26. The Balaban J connectivity index is 1.01. The molecule has 0 saturated carbocycles. The van der Waals surface area contributed by atoms with Crippen LogP contribution in [0.15, 0.2) is 267 Å². The summed E-state index contributed by atoms with van der Waals surface area (Å²) in [5, 5.41) is 6.70. The van der Waals surface area contributed by atoms with Crippen LogP contribution in [0.5, 0.6) is 0 Å². The standard InChI is InChI=1S/C68H44F2N2S/c69-62-41-49(45-21-7-1-8-22-45)39-59(47-25-11-3-12-26-47)66(62)71(51-29-15-5-16-30-51)53-35-37-57-61(43-53)55-33-19-20-34-56(55)65-58-38-36-54(44-64(58)73-68(57)65)72(52-31-17-6-18-32-52)67-60(48-27-13-4-14-28-48)40-50(42-63(67)70)46-23-9-2-10-24-46/h1-44H. The first-order valence-electron chi connectivity index (χ1n) is 24.5. The van der Waals surface area contributed by atoms with Gasteiger partial charge in [0, 0.05) is 59.4 Å². The zero-order valence-electron chi connectivity index (χ0n) is 39.5. The van der Waals surface area contributed by atoms with Crippen molar-refractivity contribution in [3.63, 3.8) is 0 Å². The van der Waals surface area contributed by atoms with Gasteiger partial charge in [0.1, 0.15) is 11.6 Å². The van der Waals surface area contributed by atoms with E-state index in [1.54, 1.807) is 23.5 Å². The van der Waals surface area contributed by atoms with Crippen LogP contribution in [0.3, 0.4) is 0 Å². The van der Waals surface area contributed by atoms with E-state index in [0.717, 1.165) is 104 Å². The molecule has 0 amide bonds. The van der Waals surface area contributed by atoms with Crippen molar-refractivity contribution in [1.82, 2.24) is 0 Å². The lowest BCUT2D eigenvalue weighted by molar-refractivity contribution is 0.629. The van der Waals surface area contributed by atoms with E-state index in [0.29, 0.717) is 11.4 Å². The summed E-state index contributed by atoms with van der Waals surface area (Å²) in [4.78, 5) is 4.13. The predicted octanol–water partition coefficient (Wildman–Crippen LogP) is 20.2.